The molecule has 1 aliphatic heterocycles. The third-order valence-corrected chi connectivity index (χ3v) is 3.16. The summed E-state index contributed by atoms with van der Waals surface area (Å²) in [4.78, 5) is 22.4. The number of nitrogens with one attached hydrogen (secondary N) is 1. The fourth-order valence-corrected chi connectivity index (χ4v) is 1.94. The zero-order valence-corrected chi connectivity index (χ0v) is 14.1. The zero-order valence-electron chi connectivity index (χ0n) is 12.7. The van der Waals surface area contributed by atoms with Crippen LogP contribution in [-0.4, -0.2) is 57.8 Å². The molecule has 0 aliphatic carbocycles. The fourth-order valence-electron chi connectivity index (χ4n) is 1.94. The standard InChI is InChI=1S/C14H25N2O4.V/c1-12(17)4-8-19-10-11-20-9-7-16-14(18)13-2-5-15-6-3-13;/h13H,2-11H2,1H3,(H,16,18);/q-1;. The molecular weight excluding hydrogens is 311 g/mol. The van der Waals surface area contributed by atoms with Gasteiger partial charge in [-0.3, -0.25) is 9.59 Å². The monoisotopic (exact) mass is 336 g/mol. The maximum Gasteiger partial charge on any atom is 0.223 e. The van der Waals surface area contributed by atoms with Crippen LogP contribution in [0.15, 0.2) is 0 Å². The SMILES string of the molecule is CC(=O)CCOCCOCCNC(=O)C1CC[N-]CC1.[V]. The van der Waals surface area contributed by atoms with Gasteiger partial charge in [0.25, 0.3) is 0 Å². The van der Waals surface area contributed by atoms with Gasteiger partial charge in [0.1, 0.15) is 5.78 Å². The third-order valence-electron chi connectivity index (χ3n) is 3.16. The molecule has 0 bridgehead atoms. The Morgan fingerprint density at radius 3 is 2.33 bits per heavy atom. The topological polar surface area (TPSA) is 78.7 Å². The molecule has 0 aromatic heterocycles. The zero-order chi connectivity index (χ0) is 14.6. The number of Topliss-reactive ketones (excluding diaryl/α,β-unsaturated/α-hetero) is 1. The summed E-state index contributed by atoms with van der Waals surface area (Å²) in [5, 5.41) is 7.10. The summed E-state index contributed by atoms with van der Waals surface area (Å²) in [5.41, 5.74) is 0. The van der Waals surface area contributed by atoms with Gasteiger partial charge in [0.2, 0.25) is 5.91 Å². The molecule has 1 aliphatic rings. The van der Waals surface area contributed by atoms with Crippen LogP contribution >= 0.6 is 0 Å². The minimum Gasteiger partial charge on any atom is -0.662 e. The first-order valence-electron chi connectivity index (χ1n) is 7.26. The van der Waals surface area contributed by atoms with Gasteiger partial charge in [-0.2, -0.15) is 0 Å². The Balaban J connectivity index is 0.00000400. The number of carbonyl (C=O) groups is 2. The molecule has 1 radical (unpaired) electrons. The number of carbonyl (C=O) groups excluding carboxylic acids is 2. The van der Waals surface area contributed by atoms with E-state index in [4.69, 9.17) is 9.47 Å². The van der Waals surface area contributed by atoms with Crippen LogP contribution in [0.2, 0.25) is 0 Å². The number of hydrogen-bond acceptors (Lipinski definition) is 4. The summed E-state index contributed by atoms with van der Waals surface area (Å²) < 4.78 is 10.6. The van der Waals surface area contributed by atoms with Crippen LogP contribution in [0.1, 0.15) is 26.2 Å². The van der Waals surface area contributed by atoms with E-state index in [0.717, 1.165) is 25.9 Å². The Morgan fingerprint density at radius 1 is 1.10 bits per heavy atom. The maximum absolute atomic E-state index is 11.8. The van der Waals surface area contributed by atoms with Gasteiger partial charge >= 0.3 is 0 Å². The molecular formula is C14H25N2O4V-. The van der Waals surface area contributed by atoms with Gasteiger partial charge < -0.3 is 20.1 Å². The van der Waals surface area contributed by atoms with Crippen molar-refractivity contribution in [3.63, 3.8) is 0 Å². The number of nitrogens with zero attached hydrogens (tertiary/aromatic N) is 1. The van der Waals surface area contributed by atoms with Crippen LogP contribution in [0, 0.1) is 5.92 Å². The normalized spacial score (nSPS) is 15.3. The fraction of sp³-hybridized carbons (Fsp3) is 0.857. The number of rotatable bonds is 10. The summed E-state index contributed by atoms with van der Waals surface area (Å²) in [6.45, 7) is 5.56. The first-order valence-corrected chi connectivity index (χ1v) is 7.26. The minimum absolute atomic E-state index is 0. The molecule has 0 spiro atoms. The second-order valence-corrected chi connectivity index (χ2v) is 4.91. The van der Waals surface area contributed by atoms with Gasteiger partial charge in [-0.25, -0.2) is 0 Å². The van der Waals surface area contributed by atoms with Crippen LogP contribution in [-0.2, 0) is 37.6 Å². The van der Waals surface area contributed by atoms with Crippen molar-refractivity contribution in [1.82, 2.24) is 5.32 Å². The Kier molecular flexibility index (Phi) is 13.0. The Morgan fingerprint density at radius 2 is 1.71 bits per heavy atom. The van der Waals surface area contributed by atoms with Crippen LogP contribution in [0.3, 0.4) is 0 Å². The van der Waals surface area contributed by atoms with E-state index in [1.165, 1.54) is 0 Å². The molecule has 21 heavy (non-hydrogen) atoms. The second kappa shape index (κ2) is 13.3. The smallest absolute Gasteiger partial charge is 0.223 e. The van der Waals surface area contributed by atoms with E-state index in [1.807, 2.05) is 0 Å². The van der Waals surface area contributed by atoms with Gasteiger partial charge in [0.05, 0.1) is 26.4 Å². The van der Waals surface area contributed by atoms with Gasteiger partial charge in [-0.05, 0) is 6.92 Å². The Hall–Kier alpha value is -0.396. The molecule has 0 unspecified atom stereocenters. The molecule has 121 valence electrons. The molecule has 1 amide bonds. The summed E-state index contributed by atoms with van der Waals surface area (Å²) >= 11 is 0. The van der Waals surface area contributed by atoms with Crippen molar-refractivity contribution in [2.75, 3.05) is 46.1 Å². The average Bonchev–Trinajstić information content (AvgIpc) is 2.46. The molecule has 1 saturated heterocycles. The van der Waals surface area contributed by atoms with E-state index in [-0.39, 0.29) is 36.2 Å². The van der Waals surface area contributed by atoms with Crippen molar-refractivity contribution >= 4 is 11.7 Å². The predicted octanol–water partition coefficient (Wildman–Crippen LogP) is 0.896. The van der Waals surface area contributed by atoms with E-state index in [1.54, 1.807) is 6.92 Å². The molecule has 1 N–H and O–H groups in total. The molecule has 0 atom stereocenters. The molecule has 1 heterocycles. The average molecular weight is 336 g/mol. The first kappa shape index (κ1) is 20.6. The number of ketones is 1. The van der Waals surface area contributed by atoms with Gasteiger partial charge in [0.15, 0.2) is 0 Å². The van der Waals surface area contributed by atoms with Crippen molar-refractivity contribution in [3.05, 3.63) is 5.32 Å². The third kappa shape index (κ3) is 10.9. The van der Waals surface area contributed by atoms with Crippen molar-refractivity contribution in [2.45, 2.75) is 26.2 Å². The Bertz CT molecular complexity index is 297. The number of hydrogen-bond donors (Lipinski definition) is 1. The maximum atomic E-state index is 11.8. The summed E-state index contributed by atoms with van der Waals surface area (Å²) in [6, 6.07) is 0. The first-order chi connectivity index (χ1) is 9.70. The number of amides is 1. The second-order valence-electron chi connectivity index (χ2n) is 4.91. The molecule has 0 aromatic rings. The van der Waals surface area contributed by atoms with Gasteiger partial charge in [-0.1, -0.05) is 12.8 Å². The summed E-state index contributed by atoms with van der Waals surface area (Å²) in [6.07, 6.45) is 2.16. The number of ether oxygens (including phenoxy) is 2. The quantitative estimate of drug-likeness (QED) is 0.601. The van der Waals surface area contributed by atoms with Gasteiger partial charge in [0, 0.05) is 37.4 Å². The molecule has 7 heteroatoms. The van der Waals surface area contributed by atoms with Crippen LogP contribution in [0.5, 0.6) is 0 Å². The van der Waals surface area contributed by atoms with E-state index in [9.17, 15) is 9.59 Å². The largest absolute Gasteiger partial charge is 0.662 e. The summed E-state index contributed by atoms with van der Waals surface area (Å²) in [5.74, 6) is 0.354. The number of piperidine rings is 1. The van der Waals surface area contributed by atoms with Crippen LogP contribution < -0.4 is 5.32 Å². The van der Waals surface area contributed by atoms with Crippen molar-refractivity contribution in [2.24, 2.45) is 5.92 Å². The van der Waals surface area contributed by atoms with Crippen molar-refractivity contribution in [1.29, 1.82) is 0 Å². The van der Waals surface area contributed by atoms with Crippen molar-refractivity contribution in [3.8, 4) is 0 Å². The Labute approximate surface area is 138 Å². The van der Waals surface area contributed by atoms with E-state index in [2.05, 4.69) is 10.6 Å². The predicted molar refractivity (Wildman–Crippen MR) is 75.8 cm³/mol. The van der Waals surface area contributed by atoms with E-state index >= 15 is 0 Å². The molecule has 0 aromatic carbocycles. The van der Waals surface area contributed by atoms with E-state index < -0.39 is 0 Å². The van der Waals surface area contributed by atoms with E-state index in [0.29, 0.717) is 39.4 Å². The molecule has 1 fully saturated rings. The van der Waals surface area contributed by atoms with Crippen molar-refractivity contribution < 1.29 is 37.6 Å². The van der Waals surface area contributed by atoms with Gasteiger partial charge in [-0.15, -0.1) is 13.1 Å². The minimum atomic E-state index is 0. The molecule has 0 saturated carbocycles. The van der Waals surface area contributed by atoms with Crippen LogP contribution in [0.25, 0.3) is 5.32 Å². The summed E-state index contributed by atoms with van der Waals surface area (Å²) in [7, 11) is 0. The molecule has 1 rings (SSSR count). The van der Waals surface area contributed by atoms with Crippen LogP contribution in [0.4, 0.5) is 0 Å². The molecule has 6 nitrogen and oxygen atoms in total.